The van der Waals surface area contributed by atoms with Crippen molar-refractivity contribution in [2.75, 3.05) is 0 Å². The van der Waals surface area contributed by atoms with Crippen LogP contribution in [0.5, 0.6) is 0 Å². The van der Waals surface area contributed by atoms with Crippen molar-refractivity contribution in [2.24, 2.45) is 17.3 Å². The minimum atomic E-state index is -0.179. The molecule has 0 aliphatic carbocycles. The lowest BCUT2D eigenvalue weighted by Gasteiger charge is -2.24. The lowest BCUT2D eigenvalue weighted by atomic mass is 9.79. The maximum atomic E-state index is 11.8. The third-order valence-corrected chi connectivity index (χ3v) is 2.80. The van der Waals surface area contributed by atoms with E-state index in [1.807, 2.05) is 20.8 Å². The molecule has 2 heteroatoms. The van der Waals surface area contributed by atoms with Gasteiger partial charge in [0.25, 0.3) is 0 Å². The molecule has 0 aliphatic heterocycles. The standard InChI is InChI=1S/C12H22O2/c1-9(2)10(3)11(14)8-12(4,5)6-7-13/h7,9-10H,6,8H2,1-5H3. The van der Waals surface area contributed by atoms with E-state index >= 15 is 0 Å². The van der Waals surface area contributed by atoms with Crippen molar-refractivity contribution in [1.29, 1.82) is 0 Å². The first-order valence-electron chi connectivity index (χ1n) is 5.26. The first-order chi connectivity index (χ1) is 6.30. The Bertz CT molecular complexity index is 204. The summed E-state index contributed by atoms with van der Waals surface area (Å²) in [5, 5.41) is 0. The molecule has 0 fully saturated rings. The molecule has 0 radical (unpaired) electrons. The molecule has 1 atom stereocenters. The van der Waals surface area contributed by atoms with E-state index < -0.39 is 0 Å². The molecule has 14 heavy (non-hydrogen) atoms. The van der Waals surface area contributed by atoms with Crippen molar-refractivity contribution < 1.29 is 9.59 Å². The van der Waals surface area contributed by atoms with Crippen LogP contribution in [0.1, 0.15) is 47.5 Å². The van der Waals surface area contributed by atoms with Gasteiger partial charge in [-0.1, -0.05) is 34.6 Å². The van der Waals surface area contributed by atoms with E-state index in [0.717, 1.165) is 6.29 Å². The molecule has 0 aromatic carbocycles. The fourth-order valence-corrected chi connectivity index (χ4v) is 1.30. The van der Waals surface area contributed by atoms with Gasteiger partial charge in [0, 0.05) is 18.8 Å². The van der Waals surface area contributed by atoms with Crippen LogP contribution >= 0.6 is 0 Å². The summed E-state index contributed by atoms with van der Waals surface area (Å²) >= 11 is 0. The molecule has 0 saturated heterocycles. The van der Waals surface area contributed by atoms with E-state index in [0.29, 0.717) is 18.8 Å². The van der Waals surface area contributed by atoms with Crippen LogP contribution in [0, 0.1) is 17.3 Å². The monoisotopic (exact) mass is 198 g/mol. The molecule has 2 nitrogen and oxygen atoms in total. The molecule has 0 saturated carbocycles. The van der Waals surface area contributed by atoms with Crippen LogP contribution in [0.15, 0.2) is 0 Å². The summed E-state index contributed by atoms with van der Waals surface area (Å²) in [7, 11) is 0. The molecule has 0 heterocycles. The highest BCUT2D eigenvalue weighted by Gasteiger charge is 2.25. The minimum absolute atomic E-state index is 0.0981. The van der Waals surface area contributed by atoms with E-state index in [1.165, 1.54) is 0 Å². The molecule has 82 valence electrons. The fourth-order valence-electron chi connectivity index (χ4n) is 1.30. The third kappa shape index (κ3) is 4.54. The highest BCUT2D eigenvalue weighted by atomic mass is 16.1. The number of hydrogen-bond acceptors (Lipinski definition) is 2. The highest BCUT2D eigenvalue weighted by molar-refractivity contribution is 5.81. The van der Waals surface area contributed by atoms with Crippen LogP contribution in [-0.2, 0) is 9.59 Å². The van der Waals surface area contributed by atoms with Gasteiger partial charge >= 0.3 is 0 Å². The second-order valence-corrected chi connectivity index (χ2v) is 5.21. The second kappa shape index (κ2) is 5.28. The van der Waals surface area contributed by atoms with Crippen molar-refractivity contribution in [3.05, 3.63) is 0 Å². The zero-order valence-corrected chi connectivity index (χ0v) is 9.96. The topological polar surface area (TPSA) is 34.1 Å². The van der Waals surface area contributed by atoms with Gasteiger partial charge in [-0.05, 0) is 11.3 Å². The predicted molar refractivity (Wildman–Crippen MR) is 58.1 cm³/mol. The first kappa shape index (κ1) is 13.3. The summed E-state index contributed by atoms with van der Waals surface area (Å²) in [5.74, 6) is 0.752. The zero-order chi connectivity index (χ0) is 11.4. The number of Topliss-reactive ketones (excluding diaryl/α,β-unsaturated/α-hetero) is 1. The second-order valence-electron chi connectivity index (χ2n) is 5.21. The van der Waals surface area contributed by atoms with Crippen molar-refractivity contribution in [3.63, 3.8) is 0 Å². The van der Waals surface area contributed by atoms with Crippen molar-refractivity contribution >= 4 is 12.1 Å². The van der Waals surface area contributed by atoms with Gasteiger partial charge in [-0.3, -0.25) is 4.79 Å². The molecular weight excluding hydrogens is 176 g/mol. The minimum Gasteiger partial charge on any atom is -0.303 e. The largest absolute Gasteiger partial charge is 0.303 e. The summed E-state index contributed by atoms with van der Waals surface area (Å²) in [6.07, 6.45) is 1.86. The van der Waals surface area contributed by atoms with Gasteiger partial charge < -0.3 is 4.79 Å². The Morgan fingerprint density at radius 1 is 1.29 bits per heavy atom. The summed E-state index contributed by atoms with van der Waals surface area (Å²) in [6, 6.07) is 0. The molecule has 0 amide bonds. The van der Waals surface area contributed by atoms with E-state index in [4.69, 9.17) is 0 Å². The Morgan fingerprint density at radius 2 is 1.79 bits per heavy atom. The maximum absolute atomic E-state index is 11.8. The molecule has 0 N–H and O–H groups in total. The Kier molecular flexibility index (Phi) is 5.03. The Balaban J connectivity index is 4.24. The van der Waals surface area contributed by atoms with E-state index in [9.17, 15) is 9.59 Å². The predicted octanol–water partition coefficient (Wildman–Crippen LogP) is 2.85. The van der Waals surface area contributed by atoms with Crippen molar-refractivity contribution in [2.45, 2.75) is 47.5 Å². The summed E-state index contributed by atoms with van der Waals surface area (Å²) in [5.41, 5.74) is -0.179. The van der Waals surface area contributed by atoms with Crippen LogP contribution in [0.2, 0.25) is 0 Å². The third-order valence-electron chi connectivity index (χ3n) is 2.80. The van der Waals surface area contributed by atoms with Crippen LogP contribution in [0.4, 0.5) is 0 Å². The van der Waals surface area contributed by atoms with Crippen LogP contribution in [0.3, 0.4) is 0 Å². The maximum Gasteiger partial charge on any atom is 0.136 e. The Hall–Kier alpha value is -0.660. The Labute approximate surface area is 87.1 Å². The van der Waals surface area contributed by atoms with Crippen LogP contribution in [0.25, 0.3) is 0 Å². The van der Waals surface area contributed by atoms with Gasteiger partial charge in [-0.25, -0.2) is 0 Å². The normalized spacial score (nSPS) is 14.1. The van der Waals surface area contributed by atoms with Crippen LogP contribution in [-0.4, -0.2) is 12.1 Å². The fraction of sp³-hybridized carbons (Fsp3) is 0.833. The average molecular weight is 198 g/mol. The van der Waals surface area contributed by atoms with Gasteiger partial charge in [0.15, 0.2) is 0 Å². The Morgan fingerprint density at radius 3 is 2.14 bits per heavy atom. The summed E-state index contributed by atoms with van der Waals surface area (Å²) in [4.78, 5) is 22.2. The molecular formula is C12H22O2. The van der Waals surface area contributed by atoms with Gasteiger partial charge in [0.05, 0.1) is 0 Å². The van der Waals surface area contributed by atoms with E-state index in [-0.39, 0.29) is 17.1 Å². The van der Waals surface area contributed by atoms with E-state index in [2.05, 4.69) is 13.8 Å². The van der Waals surface area contributed by atoms with Gasteiger partial charge in [-0.2, -0.15) is 0 Å². The number of ketones is 1. The number of rotatable bonds is 6. The lowest BCUT2D eigenvalue weighted by molar-refractivity contribution is -0.125. The number of hydrogen-bond donors (Lipinski definition) is 0. The lowest BCUT2D eigenvalue weighted by Crippen LogP contribution is -2.24. The molecule has 0 aromatic heterocycles. The first-order valence-corrected chi connectivity index (χ1v) is 5.26. The molecule has 0 spiro atoms. The number of aldehydes is 1. The molecule has 0 aromatic rings. The van der Waals surface area contributed by atoms with Crippen molar-refractivity contribution in [1.82, 2.24) is 0 Å². The van der Waals surface area contributed by atoms with Crippen LogP contribution < -0.4 is 0 Å². The van der Waals surface area contributed by atoms with E-state index in [1.54, 1.807) is 0 Å². The van der Waals surface area contributed by atoms with Gasteiger partial charge in [-0.15, -0.1) is 0 Å². The number of carbonyl (C=O) groups is 2. The summed E-state index contributed by atoms with van der Waals surface area (Å²) < 4.78 is 0. The van der Waals surface area contributed by atoms with Crippen molar-refractivity contribution in [3.8, 4) is 0 Å². The molecule has 1 unspecified atom stereocenters. The number of carbonyl (C=O) groups excluding carboxylic acids is 2. The molecule has 0 aliphatic rings. The van der Waals surface area contributed by atoms with Gasteiger partial charge in [0.1, 0.15) is 12.1 Å². The SMILES string of the molecule is CC(C)C(C)C(=O)CC(C)(C)CC=O. The highest BCUT2D eigenvalue weighted by Crippen LogP contribution is 2.27. The molecule has 0 rings (SSSR count). The smallest absolute Gasteiger partial charge is 0.136 e. The summed E-state index contributed by atoms with van der Waals surface area (Å²) in [6.45, 7) is 9.99. The van der Waals surface area contributed by atoms with Gasteiger partial charge in [0.2, 0.25) is 0 Å². The quantitative estimate of drug-likeness (QED) is 0.615. The molecule has 0 bridgehead atoms. The average Bonchev–Trinajstić information content (AvgIpc) is 2.01. The zero-order valence-electron chi connectivity index (χ0n) is 9.96.